The minimum atomic E-state index is -0.743. The van der Waals surface area contributed by atoms with Gasteiger partial charge in [-0.2, -0.15) is 0 Å². The molecule has 0 spiro atoms. The van der Waals surface area contributed by atoms with Gasteiger partial charge in [0.25, 0.3) is 0 Å². The van der Waals surface area contributed by atoms with Crippen LogP contribution in [0.2, 0.25) is 5.02 Å². The molecule has 20 heavy (non-hydrogen) atoms. The lowest BCUT2D eigenvalue weighted by molar-refractivity contribution is -0.117. The molecule has 0 unspecified atom stereocenters. The molecule has 0 heterocycles. The van der Waals surface area contributed by atoms with Crippen molar-refractivity contribution in [2.24, 2.45) is 5.73 Å². The fourth-order valence-electron chi connectivity index (χ4n) is 1.78. The van der Waals surface area contributed by atoms with E-state index < -0.39 is 17.8 Å². The quantitative estimate of drug-likeness (QED) is 0.910. The van der Waals surface area contributed by atoms with E-state index in [9.17, 15) is 9.18 Å². The second-order valence-electron chi connectivity index (χ2n) is 4.41. The molecular weight excluding hydrogens is 279 g/mol. The summed E-state index contributed by atoms with van der Waals surface area (Å²) in [7, 11) is 0. The number of rotatable bonds is 4. The summed E-state index contributed by atoms with van der Waals surface area (Å²) >= 11 is 5.65. The number of halogens is 2. The molecule has 0 fully saturated rings. The van der Waals surface area contributed by atoms with Crippen LogP contribution in [0.25, 0.3) is 0 Å². The van der Waals surface area contributed by atoms with Gasteiger partial charge in [-0.3, -0.25) is 4.79 Å². The van der Waals surface area contributed by atoms with Crippen molar-refractivity contribution in [3.8, 4) is 0 Å². The Morgan fingerprint density at radius 2 is 1.95 bits per heavy atom. The molecule has 2 aromatic carbocycles. The summed E-state index contributed by atoms with van der Waals surface area (Å²) in [4.78, 5) is 11.9. The van der Waals surface area contributed by atoms with E-state index in [1.165, 1.54) is 12.1 Å². The van der Waals surface area contributed by atoms with Gasteiger partial charge in [0.1, 0.15) is 5.82 Å². The first kappa shape index (κ1) is 14.5. The van der Waals surface area contributed by atoms with Crippen molar-refractivity contribution in [1.29, 1.82) is 0 Å². The molecule has 5 heteroatoms. The van der Waals surface area contributed by atoms with Gasteiger partial charge in [0.2, 0.25) is 5.91 Å². The maximum Gasteiger partial charge on any atom is 0.241 e. The summed E-state index contributed by atoms with van der Waals surface area (Å²) in [6, 6.07) is 12.7. The van der Waals surface area contributed by atoms with Gasteiger partial charge in [0.05, 0.1) is 11.7 Å². The number of carbonyl (C=O) groups is 1. The number of nitrogens with two attached hydrogens (primary N) is 1. The summed E-state index contributed by atoms with van der Waals surface area (Å²) in [5, 5.41) is 2.73. The van der Waals surface area contributed by atoms with Crippen LogP contribution in [0.3, 0.4) is 0 Å². The number of carbonyl (C=O) groups excluding carboxylic acids is 1. The summed E-state index contributed by atoms with van der Waals surface area (Å²) in [5.74, 6) is -1.02. The Bertz CT molecular complexity index is 604. The Hall–Kier alpha value is -1.91. The molecule has 2 aromatic rings. The van der Waals surface area contributed by atoms with E-state index in [1.807, 2.05) is 30.3 Å². The highest BCUT2D eigenvalue weighted by atomic mass is 35.5. The van der Waals surface area contributed by atoms with Crippen molar-refractivity contribution in [1.82, 2.24) is 0 Å². The maximum absolute atomic E-state index is 13.6. The van der Waals surface area contributed by atoms with Crippen molar-refractivity contribution >= 4 is 23.2 Å². The monoisotopic (exact) mass is 292 g/mol. The second kappa shape index (κ2) is 6.50. The highest BCUT2D eigenvalue weighted by Gasteiger charge is 2.15. The molecule has 1 amide bonds. The molecule has 104 valence electrons. The predicted molar refractivity (Wildman–Crippen MR) is 78.2 cm³/mol. The van der Waals surface area contributed by atoms with Crippen molar-refractivity contribution in [2.75, 3.05) is 5.32 Å². The van der Waals surface area contributed by atoms with E-state index in [1.54, 1.807) is 0 Å². The third kappa shape index (κ3) is 3.79. The molecule has 0 aliphatic carbocycles. The molecular formula is C15H14ClFN2O. The number of benzene rings is 2. The highest BCUT2D eigenvalue weighted by Crippen LogP contribution is 2.19. The van der Waals surface area contributed by atoms with Gasteiger partial charge in [-0.15, -0.1) is 0 Å². The van der Waals surface area contributed by atoms with Crippen LogP contribution in [-0.2, 0) is 11.2 Å². The number of anilines is 1. The van der Waals surface area contributed by atoms with Crippen molar-refractivity contribution in [3.63, 3.8) is 0 Å². The fourth-order valence-corrected chi connectivity index (χ4v) is 1.94. The largest absolute Gasteiger partial charge is 0.322 e. The van der Waals surface area contributed by atoms with Crippen LogP contribution >= 0.6 is 11.6 Å². The molecule has 0 saturated carbocycles. The van der Waals surface area contributed by atoms with Crippen LogP contribution in [0.15, 0.2) is 48.5 Å². The molecule has 0 aromatic heterocycles. The Kier molecular flexibility index (Phi) is 4.71. The van der Waals surface area contributed by atoms with Crippen LogP contribution in [-0.4, -0.2) is 11.9 Å². The molecule has 2 rings (SSSR count). The first-order chi connectivity index (χ1) is 9.56. The average molecular weight is 293 g/mol. The summed E-state index contributed by atoms with van der Waals surface area (Å²) < 4.78 is 13.6. The number of amides is 1. The van der Waals surface area contributed by atoms with Gasteiger partial charge < -0.3 is 11.1 Å². The lowest BCUT2D eigenvalue weighted by atomic mass is 10.1. The van der Waals surface area contributed by atoms with Gasteiger partial charge in [-0.05, 0) is 30.2 Å². The second-order valence-corrected chi connectivity index (χ2v) is 4.85. The summed E-state index contributed by atoms with van der Waals surface area (Å²) in [6.07, 6.45) is 0.391. The molecule has 0 aliphatic heterocycles. The van der Waals surface area contributed by atoms with Crippen LogP contribution in [0.1, 0.15) is 5.56 Å². The number of hydrogen-bond donors (Lipinski definition) is 2. The Morgan fingerprint density at radius 1 is 1.25 bits per heavy atom. The molecule has 3 N–H and O–H groups in total. The highest BCUT2D eigenvalue weighted by molar-refractivity contribution is 6.30. The summed E-state index contributed by atoms with van der Waals surface area (Å²) in [5.41, 5.74) is 6.84. The third-order valence-electron chi connectivity index (χ3n) is 2.82. The third-order valence-corrected chi connectivity index (χ3v) is 3.06. The molecule has 0 aliphatic rings. The molecule has 0 saturated heterocycles. The Labute approximate surface area is 121 Å². The Morgan fingerprint density at radius 3 is 2.60 bits per heavy atom. The number of nitrogens with one attached hydrogen (secondary N) is 1. The normalized spacial score (nSPS) is 11.9. The first-order valence-corrected chi connectivity index (χ1v) is 6.49. The topological polar surface area (TPSA) is 55.1 Å². The van der Waals surface area contributed by atoms with Crippen LogP contribution < -0.4 is 11.1 Å². The Balaban J connectivity index is 2.01. The minimum absolute atomic E-state index is 0.0721. The average Bonchev–Trinajstić information content (AvgIpc) is 2.43. The van der Waals surface area contributed by atoms with Crippen LogP contribution in [0, 0.1) is 5.82 Å². The summed E-state index contributed by atoms with van der Waals surface area (Å²) in [6.45, 7) is 0. The lowest BCUT2D eigenvalue weighted by Crippen LogP contribution is -2.37. The molecule has 3 nitrogen and oxygen atoms in total. The van der Waals surface area contributed by atoms with E-state index >= 15 is 0 Å². The standard InChI is InChI=1S/C15H14ClFN2O/c16-11-6-7-14(12(17)9-11)19-15(20)13(18)8-10-4-2-1-3-5-10/h1-7,9,13H,8,18H2,(H,19,20)/t13-/m1/s1. The van der Waals surface area contributed by atoms with Gasteiger partial charge in [-0.25, -0.2) is 4.39 Å². The van der Waals surface area contributed by atoms with Gasteiger partial charge in [0, 0.05) is 5.02 Å². The smallest absolute Gasteiger partial charge is 0.241 e. The zero-order valence-corrected chi connectivity index (χ0v) is 11.4. The van der Waals surface area contributed by atoms with E-state index in [4.69, 9.17) is 17.3 Å². The van der Waals surface area contributed by atoms with Crippen molar-refractivity contribution in [2.45, 2.75) is 12.5 Å². The maximum atomic E-state index is 13.6. The zero-order valence-electron chi connectivity index (χ0n) is 10.6. The van der Waals surface area contributed by atoms with Gasteiger partial charge in [0.15, 0.2) is 0 Å². The van der Waals surface area contributed by atoms with Crippen molar-refractivity contribution < 1.29 is 9.18 Å². The number of hydrogen-bond acceptors (Lipinski definition) is 2. The molecule has 0 bridgehead atoms. The SMILES string of the molecule is N[C@H](Cc1ccccc1)C(=O)Nc1ccc(Cl)cc1F. The lowest BCUT2D eigenvalue weighted by Gasteiger charge is -2.13. The van der Waals surface area contributed by atoms with Crippen LogP contribution in [0.5, 0.6) is 0 Å². The van der Waals surface area contributed by atoms with E-state index in [-0.39, 0.29) is 10.7 Å². The van der Waals surface area contributed by atoms with Gasteiger partial charge >= 0.3 is 0 Å². The zero-order chi connectivity index (χ0) is 14.5. The van der Waals surface area contributed by atoms with Gasteiger partial charge in [-0.1, -0.05) is 41.9 Å². The minimum Gasteiger partial charge on any atom is -0.322 e. The van der Waals surface area contributed by atoms with E-state index in [0.29, 0.717) is 6.42 Å². The van der Waals surface area contributed by atoms with Crippen LogP contribution in [0.4, 0.5) is 10.1 Å². The molecule has 0 radical (unpaired) electrons. The predicted octanol–water partition coefficient (Wildman–Crippen LogP) is 2.99. The van der Waals surface area contributed by atoms with E-state index in [2.05, 4.69) is 5.32 Å². The van der Waals surface area contributed by atoms with Crippen molar-refractivity contribution in [3.05, 3.63) is 64.9 Å². The molecule has 1 atom stereocenters. The first-order valence-electron chi connectivity index (χ1n) is 6.11. The van der Waals surface area contributed by atoms with E-state index in [0.717, 1.165) is 11.6 Å². The fraction of sp³-hybridized carbons (Fsp3) is 0.133.